The summed E-state index contributed by atoms with van der Waals surface area (Å²) in [6.07, 6.45) is 0. The molecule has 16 heavy (non-hydrogen) atoms. The molecule has 86 valence electrons. The number of nitro benzene ring substituents is 1. The summed E-state index contributed by atoms with van der Waals surface area (Å²) in [5.74, 6) is -0.847. The zero-order chi connectivity index (χ0) is 12.1. The lowest BCUT2D eigenvalue weighted by molar-refractivity contribution is -0.384. The molecule has 0 heterocycles. The minimum Gasteiger partial charge on any atom is -0.338 e. The molecule has 0 aromatic heterocycles. The molecule has 0 radical (unpaired) electrons. The number of para-hydroxylation sites is 1. The van der Waals surface area contributed by atoms with Crippen molar-refractivity contribution in [3.8, 4) is 0 Å². The highest BCUT2D eigenvalue weighted by molar-refractivity contribution is 5.91. The number of carbonyl (C=O) groups is 1. The summed E-state index contributed by atoms with van der Waals surface area (Å²) in [7, 11) is 0. The summed E-state index contributed by atoms with van der Waals surface area (Å²) < 4.78 is 13.3. The largest absolute Gasteiger partial charge is 0.338 e. The fraction of sp³-hybridized carbons (Fsp3) is 0.222. The molecule has 2 N–H and O–H groups in total. The number of hydrogen-bond donors (Lipinski definition) is 2. The Morgan fingerprint density at radius 2 is 2.25 bits per heavy atom. The number of nitro groups is 1. The predicted molar refractivity (Wildman–Crippen MR) is 55.7 cm³/mol. The molecule has 1 aromatic carbocycles. The van der Waals surface area contributed by atoms with Crippen LogP contribution in [0, 0.1) is 15.9 Å². The van der Waals surface area contributed by atoms with Gasteiger partial charge in [-0.3, -0.25) is 15.4 Å². The fourth-order valence-electron chi connectivity index (χ4n) is 1.11. The van der Waals surface area contributed by atoms with E-state index in [1.165, 1.54) is 6.07 Å². The van der Waals surface area contributed by atoms with Crippen molar-refractivity contribution in [1.82, 2.24) is 5.32 Å². The highest BCUT2D eigenvalue weighted by Crippen LogP contribution is 2.26. The van der Waals surface area contributed by atoms with Crippen LogP contribution in [0.2, 0.25) is 0 Å². The first-order valence-electron chi connectivity index (χ1n) is 4.54. The highest BCUT2D eigenvalue weighted by atomic mass is 19.1. The molecule has 1 aromatic rings. The van der Waals surface area contributed by atoms with E-state index < -0.39 is 28.1 Å². The van der Waals surface area contributed by atoms with Crippen molar-refractivity contribution >= 4 is 17.4 Å². The van der Waals surface area contributed by atoms with Crippen LogP contribution in [0.25, 0.3) is 0 Å². The van der Waals surface area contributed by atoms with Gasteiger partial charge in [0.15, 0.2) is 11.5 Å². The lowest BCUT2D eigenvalue weighted by atomic mass is 10.2. The van der Waals surface area contributed by atoms with E-state index in [1.54, 1.807) is 6.92 Å². The van der Waals surface area contributed by atoms with E-state index in [2.05, 4.69) is 10.6 Å². The maximum absolute atomic E-state index is 13.3. The van der Waals surface area contributed by atoms with Gasteiger partial charge in [-0.05, 0) is 13.0 Å². The quantitative estimate of drug-likeness (QED) is 0.610. The number of urea groups is 1. The molecule has 0 unspecified atom stereocenters. The monoisotopic (exact) mass is 227 g/mol. The molecule has 0 atom stereocenters. The maximum atomic E-state index is 13.3. The van der Waals surface area contributed by atoms with Gasteiger partial charge in [0.05, 0.1) is 4.92 Å². The van der Waals surface area contributed by atoms with E-state index in [0.717, 1.165) is 12.1 Å². The van der Waals surface area contributed by atoms with Crippen molar-refractivity contribution in [2.75, 3.05) is 11.9 Å². The van der Waals surface area contributed by atoms with E-state index in [9.17, 15) is 19.3 Å². The Bertz CT molecular complexity index is 422. The van der Waals surface area contributed by atoms with Gasteiger partial charge in [0.2, 0.25) is 0 Å². The van der Waals surface area contributed by atoms with Crippen LogP contribution in [-0.2, 0) is 0 Å². The number of nitrogens with zero attached hydrogens (tertiary/aromatic N) is 1. The maximum Gasteiger partial charge on any atom is 0.319 e. The van der Waals surface area contributed by atoms with E-state index in [-0.39, 0.29) is 0 Å². The van der Waals surface area contributed by atoms with Crippen LogP contribution >= 0.6 is 0 Å². The van der Waals surface area contributed by atoms with Crippen LogP contribution in [0.5, 0.6) is 0 Å². The zero-order valence-electron chi connectivity index (χ0n) is 8.49. The van der Waals surface area contributed by atoms with Gasteiger partial charge in [0.25, 0.3) is 5.69 Å². The molecule has 6 nitrogen and oxygen atoms in total. The van der Waals surface area contributed by atoms with Crippen LogP contribution in [0.1, 0.15) is 6.92 Å². The first kappa shape index (κ1) is 11.9. The van der Waals surface area contributed by atoms with Crippen LogP contribution in [-0.4, -0.2) is 17.5 Å². The molecule has 0 spiro atoms. The van der Waals surface area contributed by atoms with E-state index in [1.807, 2.05) is 0 Å². The third-order valence-corrected chi connectivity index (χ3v) is 1.76. The molecular formula is C9H10FN3O3. The second-order valence-corrected chi connectivity index (χ2v) is 2.88. The number of hydrogen-bond acceptors (Lipinski definition) is 3. The average molecular weight is 227 g/mol. The van der Waals surface area contributed by atoms with Gasteiger partial charge >= 0.3 is 6.03 Å². The highest BCUT2D eigenvalue weighted by Gasteiger charge is 2.19. The Morgan fingerprint density at radius 1 is 1.56 bits per heavy atom. The zero-order valence-corrected chi connectivity index (χ0v) is 8.49. The topological polar surface area (TPSA) is 84.3 Å². The number of amides is 2. The molecule has 1 rings (SSSR count). The molecule has 2 amide bonds. The molecule has 0 fully saturated rings. The van der Waals surface area contributed by atoms with Gasteiger partial charge in [-0.1, -0.05) is 6.07 Å². The van der Waals surface area contributed by atoms with Crippen LogP contribution in [0.3, 0.4) is 0 Å². The second kappa shape index (κ2) is 5.06. The van der Waals surface area contributed by atoms with Crippen LogP contribution in [0.4, 0.5) is 20.6 Å². The molecule has 0 saturated carbocycles. The minimum absolute atomic E-state index is 0.341. The standard InChI is InChI=1S/C9H10FN3O3/c1-2-11-9(14)12-8-6(10)4-3-5-7(8)13(15)16/h3-5H,2H2,1H3,(H2,11,12,14). The number of nitrogens with one attached hydrogen (secondary N) is 2. The number of rotatable bonds is 3. The molecule has 0 aliphatic rings. The van der Waals surface area contributed by atoms with Gasteiger partial charge in [-0.15, -0.1) is 0 Å². The fourth-order valence-corrected chi connectivity index (χ4v) is 1.11. The van der Waals surface area contributed by atoms with Gasteiger partial charge in [-0.2, -0.15) is 0 Å². The van der Waals surface area contributed by atoms with Gasteiger partial charge in [-0.25, -0.2) is 9.18 Å². The normalized spacial score (nSPS) is 9.62. The molecule has 0 bridgehead atoms. The van der Waals surface area contributed by atoms with E-state index in [4.69, 9.17) is 0 Å². The summed E-state index contributed by atoms with van der Waals surface area (Å²) in [6.45, 7) is 2.02. The summed E-state index contributed by atoms with van der Waals surface area (Å²) in [6, 6.07) is 2.67. The van der Waals surface area contributed by atoms with Crippen molar-refractivity contribution < 1.29 is 14.1 Å². The van der Waals surface area contributed by atoms with Crippen LogP contribution in [0.15, 0.2) is 18.2 Å². The molecule has 7 heteroatoms. The Kier molecular flexibility index (Phi) is 3.76. The van der Waals surface area contributed by atoms with E-state index in [0.29, 0.717) is 6.54 Å². The average Bonchev–Trinajstić information content (AvgIpc) is 2.21. The number of benzene rings is 1. The first-order valence-corrected chi connectivity index (χ1v) is 4.54. The molecule has 0 saturated heterocycles. The van der Waals surface area contributed by atoms with Crippen molar-refractivity contribution in [2.24, 2.45) is 0 Å². The summed E-state index contributed by atoms with van der Waals surface area (Å²) in [5, 5.41) is 15.0. The Morgan fingerprint density at radius 3 is 2.81 bits per heavy atom. The van der Waals surface area contributed by atoms with Crippen molar-refractivity contribution in [3.63, 3.8) is 0 Å². The molecule has 0 aliphatic heterocycles. The summed E-state index contributed by atoms with van der Waals surface area (Å²) >= 11 is 0. The predicted octanol–water partition coefficient (Wildman–Crippen LogP) is 1.88. The summed E-state index contributed by atoms with van der Waals surface area (Å²) in [4.78, 5) is 20.9. The number of carbonyl (C=O) groups excluding carboxylic acids is 1. The Labute approximate surface area is 90.6 Å². The lowest BCUT2D eigenvalue weighted by Gasteiger charge is -2.06. The van der Waals surface area contributed by atoms with Crippen molar-refractivity contribution in [2.45, 2.75) is 6.92 Å². The first-order chi connectivity index (χ1) is 7.56. The van der Waals surface area contributed by atoms with E-state index >= 15 is 0 Å². The van der Waals surface area contributed by atoms with Gasteiger partial charge in [0, 0.05) is 12.6 Å². The summed E-state index contributed by atoms with van der Waals surface area (Å²) in [5.41, 5.74) is -0.912. The smallest absolute Gasteiger partial charge is 0.319 e. The molecule has 0 aliphatic carbocycles. The Balaban J connectivity index is 3.01. The number of anilines is 1. The third-order valence-electron chi connectivity index (χ3n) is 1.76. The lowest BCUT2D eigenvalue weighted by Crippen LogP contribution is -2.28. The second-order valence-electron chi connectivity index (χ2n) is 2.88. The van der Waals surface area contributed by atoms with Gasteiger partial charge in [0.1, 0.15) is 0 Å². The van der Waals surface area contributed by atoms with Crippen LogP contribution < -0.4 is 10.6 Å². The van der Waals surface area contributed by atoms with Gasteiger partial charge < -0.3 is 5.32 Å². The third kappa shape index (κ3) is 2.66. The van der Waals surface area contributed by atoms with Crippen molar-refractivity contribution in [1.29, 1.82) is 0 Å². The van der Waals surface area contributed by atoms with Crippen molar-refractivity contribution in [3.05, 3.63) is 34.1 Å². The molecular weight excluding hydrogens is 217 g/mol. The Hall–Kier alpha value is -2.18. The minimum atomic E-state index is -0.847. The number of halogens is 1. The SMILES string of the molecule is CCNC(=O)Nc1c(F)cccc1[N+](=O)[O-].